The molecular formula is C31H48O8. The van der Waals surface area contributed by atoms with E-state index < -0.39 is 18.2 Å². The predicted molar refractivity (Wildman–Crippen MR) is 152 cm³/mol. The largest absolute Gasteiger partial charge is 0.481 e. The Kier molecular flexibility index (Phi) is 20.5. The molecule has 8 heteroatoms. The minimum atomic E-state index is -0.757. The van der Waals surface area contributed by atoms with Gasteiger partial charge in [0.2, 0.25) is 0 Å². The molecule has 0 unspecified atom stereocenters. The zero-order valence-corrected chi connectivity index (χ0v) is 23.1. The fraction of sp³-hybridized carbons (Fsp3) is 0.548. The van der Waals surface area contributed by atoms with Gasteiger partial charge in [0.1, 0.15) is 0 Å². The second kappa shape index (κ2) is 22.1. The van der Waals surface area contributed by atoms with E-state index >= 15 is 0 Å². The highest BCUT2D eigenvalue weighted by Gasteiger charge is 2.19. The maximum Gasteiger partial charge on any atom is 0.306 e. The Balaban J connectivity index is 0.000000881. The molecule has 2 aromatic rings. The second-order valence-corrected chi connectivity index (χ2v) is 8.97. The molecule has 2 N–H and O–H groups in total. The molecule has 0 bridgehead atoms. The van der Waals surface area contributed by atoms with Crippen molar-refractivity contribution in [3.63, 3.8) is 0 Å². The van der Waals surface area contributed by atoms with Crippen LogP contribution in [0.2, 0.25) is 0 Å². The third kappa shape index (κ3) is 16.0. The second-order valence-electron chi connectivity index (χ2n) is 8.97. The van der Waals surface area contributed by atoms with Gasteiger partial charge in [-0.3, -0.25) is 9.59 Å². The molecule has 2 atom stereocenters. The topological polar surface area (TPSA) is 112 Å². The molecule has 0 saturated heterocycles. The zero-order valence-electron chi connectivity index (χ0n) is 23.1. The molecule has 0 fully saturated rings. The standard InChI is InChI=1S/C21H26O4.C9H18O4.CH4/c1-2-19(21(22)23)13-14-20(24-15-17-9-5-3-6-10-17)25-16-18-11-7-4-8-12-18;1-4-7(9(10)11)5-6-8(12-2)13-3;/h3-12,19-20H,2,13-16H2,1H3,(H,22,23);7-8H,4-6H2,1-3H3,(H,10,11);1H4/t19-;7-;/m00./s1. The number of rotatable bonds is 18. The fourth-order valence-corrected chi connectivity index (χ4v) is 3.75. The molecule has 0 aliphatic heterocycles. The molecule has 0 aliphatic rings. The van der Waals surface area contributed by atoms with E-state index in [2.05, 4.69) is 0 Å². The summed E-state index contributed by atoms with van der Waals surface area (Å²) in [6.07, 6.45) is 2.87. The van der Waals surface area contributed by atoms with Crippen LogP contribution in [0.1, 0.15) is 70.9 Å². The van der Waals surface area contributed by atoms with Gasteiger partial charge < -0.3 is 29.2 Å². The fourth-order valence-electron chi connectivity index (χ4n) is 3.75. The van der Waals surface area contributed by atoms with E-state index in [1.54, 1.807) is 14.2 Å². The first-order valence-corrected chi connectivity index (χ1v) is 13.2. The minimum absolute atomic E-state index is 0. The summed E-state index contributed by atoms with van der Waals surface area (Å²) in [7, 11) is 3.10. The summed E-state index contributed by atoms with van der Waals surface area (Å²) in [5, 5.41) is 18.0. The summed E-state index contributed by atoms with van der Waals surface area (Å²) in [6.45, 7) is 4.66. The van der Waals surface area contributed by atoms with Crippen LogP contribution in [-0.2, 0) is 41.8 Å². The van der Waals surface area contributed by atoms with Crippen LogP contribution in [0.3, 0.4) is 0 Å². The maximum absolute atomic E-state index is 11.2. The molecule has 220 valence electrons. The molecular weight excluding hydrogens is 500 g/mol. The molecule has 0 radical (unpaired) electrons. The molecule has 0 heterocycles. The van der Waals surface area contributed by atoms with Gasteiger partial charge >= 0.3 is 11.9 Å². The van der Waals surface area contributed by atoms with Gasteiger partial charge in [-0.25, -0.2) is 0 Å². The van der Waals surface area contributed by atoms with Crippen LogP contribution in [0.25, 0.3) is 0 Å². The van der Waals surface area contributed by atoms with Gasteiger partial charge in [-0.2, -0.15) is 0 Å². The Labute approximate surface area is 234 Å². The van der Waals surface area contributed by atoms with Gasteiger partial charge in [0.25, 0.3) is 0 Å². The first-order chi connectivity index (χ1) is 18.3. The molecule has 0 aliphatic carbocycles. The summed E-state index contributed by atoms with van der Waals surface area (Å²) in [6, 6.07) is 19.8. The van der Waals surface area contributed by atoms with E-state index in [1.165, 1.54) is 0 Å². The van der Waals surface area contributed by atoms with Crippen molar-refractivity contribution in [2.24, 2.45) is 11.8 Å². The lowest BCUT2D eigenvalue weighted by Gasteiger charge is -2.20. The van der Waals surface area contributed by atoms with Crippen LogP contribution in [-0.4, -0.2) is 49.0 Å². The lowest BCUT2D eigenvalue weighted by molar-refractivity contribution is -0.164. The molecule has 2 rings (SSSR count). The van der Waals surface area contributed by atoms with Gasteiger partial charge in [-0.05, 0) is 49.7 Å². The molecule has 8 nitrogen and oxygen atoms in total. The van der Waals surface area contributed by atoms with E-state index in [-0.39, 0.29) is 25.6 Å². The normalized spacial score (nSPS) is 12.3. The third-order valence-electron chi connectivity index (χ3n) is 6.27. The summed E-state index contributed by atoms with van der Waals surface area (Å²) in [4.78, 5) is 21.9. The van der Waals surface area contributed by atoms with E-state index in [9.17, 15) is 14.7 Å². The Morgan fingerprint density at radius 1 is 0.641 bits per heavy atom. The Morgan fingerprint density at radius 2 is 1.00 bits per heavy atom. The van der Waals surface area contributed by atoms with Gasteiger partial charge in [0, 0.05) is 14.2 Å². The summed E-state index contributed by atoms with van der Waals surface area (Å²) in [5.41, 5.74) is 2.14. The van der Waals surface area contributed by atoms with Crippen molar-refractivity contribution in [2.75, 3.05) is 14.2 Å². The maximum atomic E-state index is 11.2. The molecule has 2 aromatic carbocycles. The third-order valence-corrected chi connectivity index (χ3v) is 6.27. The number of carboxylic acid groups (broad SMARTS) is 2. The van der Waals surface area contributed by atoms with Gasteiger partial charge in [-0.1, -0.05) is 81.9 Å². The number of carboxylic acids is 2. The van der Waals surface area contributed by atoms with Gasteiger partial charge in [-0.15, -0.1) is 0 Å². The number of hydrogen-bond donors (Lipinski definition) is 2. The Bertz CT molecular complexity index is 827. The zero-order chi connectivity index (χ0) is 28.2. The van der Waals surface area contributed by atoms with Crippen LogP contribution in [0, 0.1) is 11.8 Å². The van der Waals surface area contributed by atoms with Crippen LogP contribution < -0.4 is 0 Å². The van der Waals surface area contributed by atoms with E-state index in [4.69, 9.17) is 24.1 Å². The van der Waals surface area contributed by atoms with Crippen molar-refractivity contribution in [2.45, 2.75) is 85.6 Å². The van der Waals surface area contributed by atoms with Crippen molar-refractivity contribution in [1.82, 2.24) is 0 Å². The number of hydrogen-bond acceptors (Lipinski definition) is 6. The van der Waals surface area contributed by atoms with Crippen molar-refractivity contribution >= 4 is 11.9 Å². The van der Waals surface area contributed by atoms with Gasteiger partial charge in [0.05, 0.1) is 25.0 Å². The number of benzene rings is 2. The van der Waals surface area contributed by atoms with Crippen LogP contribution in [0.5, 0.6) is 0 Å². The van der Waals surface area contributed by atoms with E-state index in [0.717, 1.165) is 11.1 Å². The van der Waals surface area contributed by atoms with Crippen LogP contribution in [0.4, 0.5) is 0 Å². The average Bonchev–Trinajstić information content (AvgIpc) is 2.93. The first-order valence-electron chi connectivity index (χ1n) is 13.2. The highest BCUT2D eigenvalue weighted by molar-refractivity contribution is 5.70. The predicted octanol–water partition coefficient (Wildman–Crippen LogP) is 6.77. The summed E-state index contributed by atoms with van der Waals surface area (Å²) < 4.78 is 21.7. The molecule has 39 heavy (non-hydrogen) atoms. The minimum Gasteiger partial charge on any atom is -0.481 e. The van der Waals surface area contributed by atoms with E-state index in [0.29, 0.717) is 51.7 Å². The Morgan fingerprint density at radius 3 is 1.31 bits per heavy atom. The lowest BCUT2D eigenvalue weighted by Crippen LogP contribution is -2.21. The average molecular weight is 549 g/mol. The lowest BCUT2D eigenvalue weighted by atomic mass is 10.0. The SMILES string of the molecule is C.CC[C@@H](CCC(OC)OC)C(=O)O.CC[C@@H](CCC(OCc1ccccc1)OCc1ccccc1)C(=O)O. The number of ether oxygens (including phenoxy) is 4. The monoisotopic (exact) mass is 548 g/mol. The highest BCUT2D eigenvalue weighted by Crippen LogP contribution is 2.18. The Hall–Kier alpha value is -2.78. The molecule has 0 amide bonds. The van der Waals surface area contributed by atoms with Gasteiger partial charge in [0.15, 0.2) is 12.6 Å². The summed E-state index contributed by atoms with van der Waals surface area (Å²) >= 11 is 0. The quantitative estimate of drug-likeness (QED) is 0.196. The summed E-state index contributed by atoms with van der Waals surface area (Å²) in [5.74, 6) is -2.14. The number of aliphatic carboxylic acids is 2. The van der Waals surface area contributed by atoms with Crippen LogP contribution >= 0.6 is 0 Å². The van der Waals surface area contributed by atoms with Crippen molar-refractivity contribution in [3.8, 4) is 0 Å². The number of carbonyl (C=O) groups is 2. The molecule has 0 saturated carbocycles. The smallest absolute Gasteiger partial charge is 0.306 e. The van der Waals surface area contributed by atoms with Crippen molar-refractivity contribution < 1.29 is 38.7 Å². The molecule has 0 spiro atoms. The number of methoxy groups -OCH3 is 2. The van der Waals surface area contributed by atoms with E-state index in [1.807, 2.05) is 74.5 Å². The highest BCUT2D eigenvalue weighted by atomic mass is 16.7. The molecule has 0 aromatic heterocycles. The van der Waals surface area contributed by atoms with Crippen molar-refractivity contribution in [3.05, 3.63) is 71.8 Å². The van der Waals surface area contributed by atoms with Crippen LogP contribution in [0.15, 0.2) is 60.7 Å². The van der Waals surface area contributed by atoms with Crippen molar-refractivity contribution in [1.29, 1.82) is 0 Å². The first kappa shape index (κ1) is 36.2.